The van der Waals surface area contributed by atoms with Crippen molar-refractivity contribution in [3.05, 3.63) is 90.6 Å². The van der Waals surface area contributed by atoms with Crippen molar-refractivity contribution in [1.29, 1.82) is 0 Å². The number of benzene rings is 4. The average Bonchev–Trinajstić information content (AvgIpc) is 3.29. The lowest BCUT2D eigenvalue weighted by Crippen LogP contribution is -2.41. The summed E-state index contributed by atoms with van der Waals surface area (Å²) in [5.41, 5.74) is 7.55. The first-order valence-electron chi connectivity index (χ1n) is 12.2. The SMILES string of the molecule is CC1(C)OC(c2ccc3c4c(cccc24)-c2cc(-c4nccc5ccccc45)ccc2-3)OC1(C)C. The van der Waals surface area contributed by atoms with Crippen LogP contribution in [-0.2, 0) is 9.47 Å². The molecule has 1 aliphatic heterocycles. The van der Waals surface area contributed by atoms with Crippen molar-refractivity contribution in [2.75, 3.05) is 0 Å². The van der Waals surface area contributed by atoms with Crippen molar-refractivity contribution in [3.63, 3.8) is 0 Å². The van der Waals surface area contributed by atoms with Crippen LogP contribution in [0.4, 0.5) is 0 Å². The first-order valence-corrected chi connectivity index (χ1v) is 12.2. The molecule has 0 saturated carbocycles. The molecule has 3 nitrogen and oxygen atoms in total. The van der Waals surface area contributed by atoms with E-state index in [9.17, 15) is 0 Å². The molecule has 2 aliphatic rings. The Kier molecular flexibility index (Phi) is 4.16. The fourth-order valence-corrected chi connectivity index (χ4v) is 5.55. The minimum absolute atomic E-state index is 0.371. The van der Waals surface area contributed by atoms with E-state index in [-0.39, 0.29) is 17.5 Å². The molecule has 2 heterocycles. The maximum Gasteiger partial charge on any atom is 0.185 e. The molecule has 0 unspecified atom stereocenters. The minimum Gasteiger partial charge on any atom is -0.339 e. The van der Waals surface area contributed by atoms with Crippen LogP contribution in [0.2, 0.25) is 0 Å². The van der Waals surface area contributed by atoms with Crippen molar-refractivity contribution in [2.45, 2.75) is 45.2 Å². The first-order chi connectivity index (χ1) is 16.8. The summed E-state index contributed by atoms with van der Waals surface area (Å²) in [5, 5.41) is 4.85. The molecule has 172 valence electrons. The fourth-order valence-electron chi connectivity index (χ4n) is 5.55. The van der Waals surface area contributed by atoms with Gasteiger partial charge in [0.15, 0.2) is 6.29 Å². The van der Waals surface area contributed by atoms with Gasteiger partial charge in [0.2, 0.25) is 0 Å². The van der Waals surface area contributed by atoms with Crippen LogP contribution in [0.5, 0.6) is 0 Å². The predicted molar refractivity (Wildman–Crippen MR) is 142 cm³/mol. The average molecular weight is 458 g/mol. The highest BCUT2D eigenvalue weighted by molar-refractivity contribution is 6.16. The lowest BCUT2D eigenvalue weighted by atomic mass is 9.90. The Morgan fingerprint density at radius 3 is 2.20 bits per heavy atom. The Hall–Kier alpha value is -3.53. The van der Waals surface area contributed by atoms with E-state index >= 15 is 0 Å². The van der Waals surface area contributed by atoms with Crippen LogP contribution in [0.3, 0.4) is 0 Å². The molecule has 1 fully saturated rings. The zero-order valence-corrected chi connectivity index (χ0v) is 20.4. The van der Waals surface area contributed by atoms with E-state index in [1.54, 1.807) is 0 Å². The summed E-state index contributed by atoms with van der Waals surface area (Å²) in [7, 11) is 0. The summed E-state index contributed by atoms with van der Waals surface area (Å²) in [6, 6.07) is 28.2. The summed E-state index contributed by atoms with van der Waals surface area (Å²) in [4.78, 5) is 4.76. The van der Waals surface area contributed by atoms with E-state index in [4.69, 9.17) is 14.5 Å². The first kappa shape index (κ1) is 20.8. The molecular weight excluding hydrogens is 430 g/mol. The van der Waals surface area contributed by atoms with Crippen LogP contribution in [-0.4, -0.2) is 16.2 Å². The molecule has 0 atom stereocenters. The molecule has 1 aromatic heterocycles. The number of aromatic nitrogens is 1. The summed E-state index contributed by atoms with van der Waals surface area (Å²) >= 11 is 0. The van der Waals surface area contributed by atoms with Crippen LogP contribution in [0.25, 0.3) is 55.1 Å². The lowest BCUT2D eigenvalue weighted by Gasteiger charge is -2.30. The molecule has 1 saturated heterocycles. The molecule has 0 radical (unpaired) electrons. The van der Waals surface area contributed by atoms with Gasteiger partial charge in [-0.25, -0.2) is 0 Å². The smallest absolute Gasteiger partial charge is 0.185 e. The molecular formula is C32H27NO2. The maximum absolute atomic E-state index is 6.42. The van der Waals surface area contributed by atoms with Crippen LogP contribution in [0.15, 0.2) is 85.1 Å². The van der Waals surface area contributed by atoms with Crippen LogP contribution in [0.1, 0.15) is 39.5 Å². The van der Waals surface area contributed by atoms with Crippen LogP contribution in [0, 0.1) is 0 Å². The molecule has 0 N–H and O–H groups in total. The van der Waals surface area contributed by atoms with Crippen molar-refractivity contribution in [1.82, 2.24) is 4.98 Å². The van der Waals surface area contributed by atoms with Crippen molar-refractivity contribution < 1.29 is 9.47 Å². The van der Waals surface area contributed by atoms with Gasteiger partial charge in [-0.1, -0.05) is 66.7 Å². The number of nitrogens with zero attached hydrogens (tertiary/aromatic N) is 1. The molecule has 0 bridgehead atoms. The molecule has 1 aliphatic carbocycles. The Bertz CT molecular complexity index is 1640. The molecule has 3 heteroatoms. The molecule has 0 amide bonds. The van der Waals surface area contributed by atoms with Gasteiger partial charge in [0, 0.05) is 22.7 Å². The van der Waals surface area contributed by atoms with Crippen molar-refractivity contribution >= 4 is 21.5 Å². The highest BCUT2D eigenvalue weighted by atomic mass is 16.7. The summed E-state index contributed by atoms with van der Waals surface area (Å²) in [6.45, 7) is 8.41. The Balaban J connectivity index is 1.39. The zero-order chi connectivity index (χ0) is 23.9. The lowest BCUT2D eigenvalue weighted by molar-refractivity contribution is -0.0885. The van der Waals surface area contributed by atoms with Gasteiger partial charge < -0.3 is 9.47 Å². The highest BCUT2D eigenvalue weighted by Crippen LogP contribution is 2.52. The van der Waals surface area contributed by atoms with Crippen LogP contribution >= 0.6 is 0 Å². The largest absolute Gasteiger partial charge is 0.339 e. The molecule has 35 heavy (non-hydrogen) atoms. The van der Waals surface area contributed by atoms with Gasteiger partial charge >= 0.3 is 0 Å². The summed E-state index contributed by atoms with van der Waals surface area (Å²) in [5.74, 6) is 0. The fraction of sp³-hybridized carbons (Fsp3) is 0.219. The normalized spacial score (nSPS) is 17.8. The van der Waals surface area contributed by atoms with Gasteiger partial charge in [0.25, 0.3) is 0 Å². The second-order valence-electron chi connectivity index (χ2n) is 10.7. The maximum atomic E-state index is 6.42. The zero-order valence-electron chi connectivity index (χ0n) is 20.4. The van der Waals surface area contributed by atoms with E-state index in [0.717, 1.165) is 16.8 Å². The van der Waals surface area contributed by atoms with Gasteiger partial charge in [-0.2, -0.15) is 0 Å². The molecule has 5 aromatic rings. The third-order valence-electron chi connectivity index (χ3n) is 8.13. The number of rotatable bonds is 2. The van der Waals surface area contributed by atoms with Crippen LogP contribution < -0.4 is 0 Å². The highest BCUT2D eigenvalue weighted by Gasteiger charge is 2.50. The second-order valence-corrected chi connectivity index (χ2v) is 10.7. The molecule has 4 aromatic carbocycles. The standard InChI is InChI=1S/C32H27NO2/c1-31(2)32(3,4)35-30(34-31)26-15-14-25-22-13-12-20(18-27(22)24-11-7-10-23(26)28(24)25)29-21-9-6-5-8-19(21)16-17-33-29/h5-18,30H,1-4H3. The minimum atomic E-state index is -0.386. The Morgan fingerprint density at radius 1 is 0.657 bits per heavy atom. The quantitative estimate of drug-likeness (QED) is 0.262. The van der Waals surface area contributed by atoms with E-state index in [0.29, 0.717) is 0 Å². The summed E-state index contributed by atoms with van der Waals surface area (Å²) < 4.78 is 12.8. The van der Waals surface area contributed by atoms with E-state index < -0.39 is 0 Å². The molecule has 7 rings (SSSR count). The van der Waals surface area contributed by atoms with Crippen molar-refractivity contribution in [2.24, 2.45) is 0 Å². The number of hydrogen-bond acceptors (Lipinski definition) is 3. The number of fused-ring (bicyclic) bond motifs is 4. The van der Waals surface area contributed by atoms with Gasteiger partial charge in [-0.15, -0.1) is 0 Å². The van der Waals surface area contributed by atoms with Gasteiger partial charge in [-0.05, 0) is 78.2 Å². The Morgan fingerprint density at radius 2 is 1.37 bits per heavy atom. The van der Waals surface area contributed by atoms with E-state index in [1.165, 1.54) is 43.8 Å². The van der Waals surface area contributed by atoms with E-state index in [2.05, 4.69) is 107 Å². The van der Waals surface area contributed by atoms with E-state index in [1.807, 2.05) is 6.20 Å². The van der Waals surface area contributed by atoms with Crippen molar-refractivity contribution in [3.8, 4) is 33.5 Å². The van der Waals surface area contributed by atoms with Gasteiger partial charge in [0.05, 0.1) is 16.9 Å². The number of hydrogen-bond donors (Lipinski definition) is 0. The topological polar surface area (TPSA) is 31.4 Å². The monoisotopic (exact) mass is 457 g/mol. The number of ether oxygens (including phenoxy) is 2. The predicted octanol–water partition coefficient (Wildman–Crippen LogP) is 8.31. The Labute approximate surface area is 205 Å². The van der Waals surface area contributed by atoms with Gasteiger partial charge in [0.1, 0.15) is 0 Å². The third kappa shape index (κ3) is 2.89. The van der Waals surface area contributed by atoms with Gasteiger partial charge in [-0.3, -0.25) is 4.98 Å². The second kappa shape index (κ2) is 7.00. The number of pyridine rings is 1. The molecule has 0 spiro atoms. The summed E-state index contributed by atoms with van der Waals surface area (Å²) in [6.07, 6.45) is 1.51. The third-order valence-corrected chi connectivity index (χ3v) is 8.13.